The van der Waals surface area contributed by atoms with Crippen LogP contribution in [-0.2, 0) is 9.47 Å². The number of hydrogen-bond donors (Lipinski definition) is 0. The molecule has 2 nitrogen and oxygen atoms in total. The van der Waals surface area contributed by atoms with Crippen molar-refractivity contribution in [1.29, 1.82) is 0 Å². The zero-order chi connectivity index (χ0) is 12.4. The fourth-order valence-corrected chi connectivity index (χ4v) is 1.17. The monoisotopic (exact) mass is 246 g/mol. The Balaban J connectivity index is 2.55. The van der Waals surface area contributed by atoms with Crippen LogP contribution in [0.15, 0.2) is 11.8 Å². The summed E-state index contributed by atoms with van der Waals surface area (Å²) in [4.78, 5) is 0. The molecule has 1 rings (SSSR count). The van der Waals surface area contributed by atoms with Crippen molar-refractivity contribution in [3.05, 3.63) is 11.8 Å². The Kier molecular flexibility index (Phi) is 3.77. The first-order chi connectivity index (χ1) is 7.31. The van der Waals surface area contributed by atoms with E-state index in [-0.39, 0.29) is 19.8 Å². The van der Waals surface area contributed by atoms with Gasteiger partial charge in [0.25, 0.3) is 5.83 Å². The number of rotatable bonds is 4. The lowest BCUT2D eigenvalue weighted by Crippen LogP contribution is -2.45. The predicted molar refractivity (Wildman–Crippen MR) is 44.8 cm³/mol. The second kappa shape index (κ2) is 4.57. The smallest absolute Gasteiger partial charge is 0.449 e. The van der Waals surface area contributed by atoms with Gasteiger partial charge in [-0.05, 0) is 6.42 Å². The summed E-state index contributed by atoms with van der Waals surface area (Å²) >= 11 is 0. The van der Waals surface area contributed by atoms with E-state index in [4.69, 9.17) is 4.74 Å². The molecule has 0 atom stereocenters. The van der Waals surface area contributed by atoms with Crippen molar-refractivity contribution in [3.8, 4) is 0 Å². The minimum Gasteiger partial charge on any atom is -0.468 e. The molecule has 1 saturated heterocycles. The zero-order valence-corrected chi connectivity index (χ0v) is 8.53. The molecule has 7 heteroatoms. The van der Waals surface area contributed by atoms with Gasteiger partial charge in [0, 0.05) is 0 Å². The Morgan fingerprint density at radius 2 is 1.88 bits per heavy atom. The first-order valence-corrected chi connectivity index (χ1v) is 4.64. The first-order valence-electron chi connectivity index (χ1n) is 4.64. The number of halogens is 5. The van der Waals surface area contributed by atoms with Crippen molar-refractivity contribution >= 4 is 0 Å². The summed E-state index contributed by atoms with van der Waals surface area (Å²) in [6.07, 6.45) is -4.78. The van der Waals surface area contributed by atoms with Crippen molar-refractivity contribution in [3.63, 3.8) is 0 Å². The van der Waals surface area contributed by atoms with Crippen LogP contribution in [0.3, 0.4) is 0 Å². The molecule has 0 N–H and O–H groups in total. The highest BCUT2D eigenvalue weighted by atomic mass is 19.4. The summed E-state index contributed by atoms with van der Waals surface area (Å²) in [7, 11) is 0. The highest BCUT2D eigenvalue weighted by Gasteiger charge is 2.42. The fourth-order valence-electron chi connectivity index (χ4n) is 1.17. The van der Waals surface area contributed by atoms with Crippen LogP contribution >= 0.6 is 0 Å². The maximum absolute atomic E-state index is 12.6. The molecule has 0 bridgehead atoms. The van der Waals surface area contributed by atoms with Crippen molar-refractivity contribution < 1.29 is 31.4 Å². The van der Waals surface area contributed by atoms with Crippen LogP contribution in [0.2, 0.25) is 0 Å². The molecular weight excluding hydrogens is 235 g/mol. The van der Waals surface area contributed by atoms with E-state index >= 15 is 0 Å². The van der Waals surface area contributed by atoms with E-state index in [0.29, 0.717) is 6.42 Å². The van der Waals surface area contributed by atoms with Gasteiger partial charge in [0.1, 0.15) is 6.61 Å². The molecule has 1 aliphatic heterocycles. The first kappa shape index (κ1) is 13.2. The molecule has 0 spiro atoms. The SMILES string of the molecule is CCC1(CO/C(F)=C(\F)C(F)(F)F)COC1. The lowest BCUT2D eigenvalue weighted by atomic mass is 9.84. The Morgan fingerprint density at radius 3 is 2.19 bits per heavy atom. The van der Waals surface area contributed by atoms with Crippen molar-refractivity contribution in [2.45, 2.75) is 19.5 Å². The summed E-state index contributed by atoms with van der Waals surface area (Å²) in [5.41, 5.74) is -0.497. The van der Waals surface area contributed by atoms with E-state index in [0.717, 1.165) is 0 Å². The molecule has 1 aliphatic rings. The summed E-state index contributed by atoms with van der Waals surface area (Å²) in [6.45, 7) is 2.02. The standard InChI is InChI=1S/C9H11F5O2/c1-2-8(3-15-4-8)5-16-7(11)6(10)9(12,13)14/h2-5H2,1H3/b7-6-. The van der Waals surface area contributed by atoms with Crippen molar-refractivity contribution in [2.75, 3.05) is 19.8 Å². The van der Waals surface area contributed by atoms with E-state index < -0.39 is 23.4 Å². The van der Waals surface area contributed by atoms with Gasteiger partial charge in [-0.2, -0.15) is 22.0 Å². The average Bonchev–Trinajstić information content (AvgIpc) is 2.14. The third-order valence-electron chi connectivity index (χ3n) is 2.49. The van der Waals surface area contributed by atoms with Crippen LogP contribution in [0.5, 0.6) is 0 Å². The minimum absolute atomic E-state index is 0.282. The third-order valence-corrected chi connectivity index (χ3v) is 2.49. The molecule has 1 fully saturated rings. The Labute approximate surface area is 89.0 Å². The van der Waals surface area contributed by atoms with Gasteiger partial charge in [-0.1, -0.05) is 6.92 Å². The normalized spacial score (nSPS) is 21.1. The molecule has 0 amide bonds. The van der Waals surface area contributed by atoms with Crippen molar-refractivity contribution in [1.82, 2.24) is 0 Å². The van der Waals surface area contributed by atoms with E-state index in [1.54, 1.807) is 6.92 Å². The molecule has 0 unspecified atom stereocenters. The van der Waals surface area contributed by atoms with Gasteiger partial charge in [-0.15, -0.1) is 0 Å². The van der Waals surface area contributed by atoms with Crippen LogP contribution in [0, 0.1) is 5.41 Å². The number of ether oxygens (including phenoxy) is 2. The van der Waals surface area contributed by atoms with Crippen LogP contribution in [-0.4, -0.2) is 26.0 Å². The molecule has 0 aromatic rings. The van der Waals surface area contributed by atoms with Gasteiger partial charge in [-0.3, -0.25) is 0 Å². The predicted octanol–water partition coefficient (Wildman–Crippen LogP) is 3.10. The fraction of sp³-hybridized carbons (Fsp3) is 0.778. The van der Waals surface area contributed by atoms with Gasteiger partial charge in [0.2, 0.25) is 0 Å². The third kappa shape index (κ3) is 2.84. The maximum Gasteiger partial charge on any atom is 0.449 e. The highest BCUT2D eigenvalue weighted by molar-refractivity contribution is 5.00. The van der Waals surface area contributed by atoms with Crippen molar-refractivity contribution in [2.24, 2.45) is 5.41 Å². The van der Waals surface area contributed by atoms with Gasteiger partial charge in [0.05, 0.1) is 18.6 Å². The number of alkyl halides is 3. The second-order valence-corrected chi connectivity index (χ2v) is 3.72. The maximum atomic E-state index is 12.6. The molecule has 94 valence electrons. The average molecular weight is 246 g/mol. The summed E-state index contributed by atoms with van der Waals surface area (Å²) < 4.78 is 69.1. The summed E-state index contributed by atoms with van der Waals surface area (Å²) in [6, 6.07) is -2.22. The number of hydrogen-bond acceptors (Lipinski definition) is 2. The molecule has 0 aliphatic carbocycles. The quantitative estimate of drug-likeness (QED) is 0.560. The lowest BCUT2D eigenvalue weighted by molar-refractivity contribution is -0.152. The summed E-state index contributed by atoms with van der Waals surface area (Å²) in [5.74, 6) is -2.83. The largest absolute Gasteiger partial charge is 0.468 e. The van der Waals surface area contributed by atoms with Crippen LogP contribution in [0.25, 0.3) is 0 Å². The number of allylic oxidation sites excluding steroid dienone is 1. The Morgan fingerprint density at radius 1 is 1.31 bits per heavy atom. The van der Waals surface area contributed by atoms with E-state index in [2.05, 4.69) is 4.74 Å². The molecule has 0 saturated carbocycles. The van der Waals surface area contributed by atoms with Gasteiger partial charge < -0.3 is 9.47 Å². The minimum atomic E-state index is -5.35. The molecule has 1 heterocycles. The molecular formula is C9H11F5O2. The van der Waals surface area contributed by atoms with Crippen LogP contribution < -0.4 is 0 Å². The van der Waals surface area contributed by atoms with Crippen LogP contribution in [0.1, 0.15) is 13.3 Å². The highest BCUT2D eigenvalue weighted by Crippen LogP contribution is 2.34. The van der Waals surface area contributed by atoms with Gasteiger partial charge in [-0.25, -0.2) is 0 Å². The Hall–Kier alpha value is -0.850. The van der Waals surface area contributed by atoms with Gasteiger partial charge in [0.15, 0.2) is 0 Å². The van der Waals surface area contributed by atoms with Crippen LogP contribution in [0.4, 0.5) is 22.0 Å². The van der Waals surface area contributed by atoms with E-state index in [1.807, 2.05) is 0 Å². The second-order valence-electron chi connectivity index (χ2n) is 3.72. The molecule has 0 radical (unpaired) electrons. The molecule has 16 heavy (non-hydrogen) atoms. The molecule has 0 aromatic carbocycles. The van der Waals surface area contributed by atoms with E-state index in [9.17, 15) is 22.0 Å². The van der Waals surface area contributed by atoms with E-state index in [1.165, 1.54) is 0 Å². The summed E-state index contributed by atoms with van der Waals surface area (Å²) in [5, 5.41) is 0. The Bertz CT molecular complexity index is 275. The van der Waals surface area contributed by atoms with Gasteiger partial charge >= 0.3 is 12.2 Å². The topological polar surface area (TPSA) is 18.5 Å². The lowest BCUT2D eigenvalue weighted by Gasteiger charge is -2.39. The zero-order valence-electron chi connectivity index (χ0n) is 8.53. The molecule has 0 aromatic heterocycles.